The lowest BCUT2D eigenvalue weighted by atomic mass is 10.1. The average Bonchev–Trinajstić information content (AvgIpc) is 2.93. The summed E-state index contributed by atoms with van der Waals surface area (Å²) in [6.07, 6.45) is 2.79. The van der Waals surface area contributed by atoms with Crippen LogP contribution in [0.25, 0.3) is 0 Å². The van der Waals surface area contributed by atoms with Crippen LogP contribution in [-0.4, -0.2) is 43.7 Å². The van der Waals surface area contributed by atoms with E-state index in [0.717, 1.165) is 32.5 Å². The van der Waals surface area contributed by atoms with Crippen molar-refractivity contribution in [3.63, 3.8) is 0 Å². The number of carbonyl (C=O) groups is 1. The Balaban J connectivity index is 1.49. The number of nitrogens with one attached hydrogen (secondary N) is 1. The average molecular weight is 353 g/mol. The number of ether oxygens (including phenoxy) is 1. The lowest BCUT2D eigenvalue weighted by molar-refractivity contribution is -0.135. The molecule has 1 unspecified atom stereocenters. The monoisotopic (exact) mass is 352 g/mol. The number of amides is 1. The molecule has 2 aliphatic rings. The number of hydrogen-bond donors (Lipinski definition) is 1. The molecule has 3 rings (SSSR count). The number of rotatable bonds is 4. The summed E-state index contributed by atoms with van der Waals surface area (Å²) in [6, 6.07) is 6.76. The summed E-state index contributed by atoms with van der Waals surface area (Å²) in [7, 11) is 0. The number of carbonyl (C=O) groups excluding carboxylic acids is 1. The Hall–Kier alpha value is -0.910. The highest BCUT2D eigenvalue weighted by Gasteiger charge is 2.24. The van der Waals surface area contributed by atoms with Gasteiger partial charge in [-0.25, -0.2) is 0 Å². The van der Waals surface area contributed by atoms with Gasteiger partial charge in [0, 0.05) is 36.6 Å². The van der Waals surface area contributed by atoms with E-state index in [9.17, 15) is 4.79 Å². The number of halogens is 1. The van der Waals surface area contributed by atoms with Gasteiger partial charge in [0.15, 0.2) is 0 Å². The molecule has 0 aromatic heterocycles. The van der Waals surface area contributed by atoms with Crippen LogP contribution in [0.15, 0.2) is 22.7 Å². The zero-order chi connectivity index (χ0) is 14.7. The highest BCUT2D eigenvalue weighted by atomic mass is 79.9. The number of morpholine rings is 1. The van der Waals surface area contributed by atoms with Crippen molar-refractivity contribution in [3.05, 3.63) is 33.8 Å². The molecule has 0 saturated carbocycles. The molecule has 1 saturated heterocycles. The van der Waals surface area contributed by atoms with Gasteiger partial charge in [0.1, 0.15) is 0 Å². The maximum absolute atomic E-state index is 12.1. The van der Waals surface area contributed by atoms with Crippen LogP contribution in [0.4, 0.5) is 0 Å². The largest absolute Gasteiger partial charge is 0.378 e. The van der Waals surface area contributed by atoms with Crippen molar-refractivity contribution in [3.8, 4) is 0 Å². The SMILES string of the molecule is O=C(CCNC1CCc2c(Br)cccc21)N1CCOCC1. The molecule has 21 heavy (non-hydrogen) atoms. The first-order chi connectivity index (χ1) is 10.3. The van der Waals surface area contributed by atoms with E-state index in [1.807, 2.05) is 4.90 Å². The summed E-state index contributed by atoms with van der Waals surface area (Å²) >= 11 is 3.62. The summed E-state index contributed by atoms with van der Waals surface area (Å²) < 4.78 is 6.47. The molecule has 1 aliphatic carbocycles. The molecule has 1 aliphatic heterocycles. The third-order valence-electron chi connectivity index (χ3n) is 4.31. The molecule has 1 amide bonds. The maximum Gasteiger partial charge on any atom is 0.224 e. The first kappa shape index (κ1) is 15.0. The second-order valence-corrected chi connectivity index (χ2v) is 6.45. The summed E-state index contributed by atoms with van der Waals surface area (Å²) in [6.45, 7) is 3.55. The Morgan fingerprint density at radius 3 is 3.00 bits per heavy atom. The lowest BCUT2D eigenvalue weighted by Gasteiger charge is -2.27. The molecule has 1 aromatic rings. The van der Waals surface area contributed by atoms with Crippen molar-refractivity contribution in [2.24, 2.45) is 0 Å². The number of benzene rings is 1. The van der Waals surface area contributed by atoms with E-state index in [0.29, 0.717) is 25.7 Å². The topological polar surface area (TPSA) is 41.6 Å². The van der Waals surface area contributed by atoms with Crippen LogP contribution in [0.1, 0.15) is 30.0 Å². The molecular formula is C16H21BrN2O2. The van der Waals surface area contributed by atoms with Gasteiger partial charge in [0.25, 0.3) is 0 Å². The Kier molecular flexibility index (Phi) is 4.93. The summed E-state index contributed by atoms with van der Waals surface area (Å²) in [5.41, 5.74) is 2.79. The first-order valence-corrected chi connectivity index (χ1v) is 8.41. The molecule has 4 nitrogen and oxygen atoms in total. The highest BCUT2D eigenvalue weighted by Crippen LogP contribution is 2.35. The van der Waals surface area contributed by atoms with Gasteiger partial charge in [0.2, 0.25) is 5.91 Å². The van der Waals surface area contributed by atoms with Crippen molar-refractivity contribution in [2.75, 3.05) is 32.8 Å². The van der Waals surface area contributed by atoms with Gasteiger partial charge in [-0.05, 0) is 30.0 Å². The van der Waals surface area contributed by atoms with Gasteiger partial charge in [-0.15, -0.1) is 0 Å². The fourth-order valence-electron chi connectivity index (χ4n) is 3.15. The summed E-state index contributed by atoms with van der Waals surface area (Å²) in [4.78, 5) is 14.0. The van der Waals surface area contributed by atoms with E-state index in [1.54, 1.807) is 0 Å². The molecule has 1 N–H and O–H groups in total. The molecule has 1 atom stereocenters. The van der Waals surface area contributed by atoms with Gasteiger partial charge in [0.05, 0.1) is 13.2 Å². The van der Waals surface area contributed by atoms with Gasteiger partial charge in [-0.1, -0.05) is 28.1 Å². The van der Waals surface area contributed by atoms with E-state index in [4.69, 9.17) is 4.74 Å². The van der Waals surface area contributed by atoms with E-state index in [1.165, 1.54) is 15.6 Å². The molecule has 0 spiro atoms. The first-order valence-electron chi connectivity index (χ1n) is 7.62. The molecule has 5 heteroatoms. The van der Waals surface area contributed by atoms with Gasteiger partial charge in [-0.3, -0.25) is 4.79 Å². The van der Waals surface area contributed by atoms with Gasteiger partial charge < -0.3 is 15.0 Å². The molecule has 1 aromatic carbocycles. The number of fused-ring (bicyclic) bond motifs is 1. The predicted molar refractivity (Wildman–Crippen MR) is 85.2 cm³/mol. The van der Waals surface area contributed by atoms with E-state index < -0.39 is 0 Å². The maximum atomic E-state index is 12.1. The van der Waals surface area contributed by atoms with Crippen molar-refractivity contribution < 1.29 is 9.53 Å². The van der Waals surface area contributed by atoms with Crippen LogP contribution in [0.3, 0.4) is 0 Å². The third kappa shape index (κ3) is 3.47. The fourth-order valence-corrected chi connectivity index (χ4v) is 3.73. The third-order valence-corrected chi connectivity index (χ3v) is 5.05. The zero-order valence-electron chi connectivity index (χ0n) is 12.1. The van der Waals surface area contributed by atoms with Crippen LogP contribution in [-0.2, 0) is 16.0 Å². The smallest absolute Gasteiger partial charge is 0.224 e. The molecule has 1 fully saturated rings. The van der Waals surface area contributed by atoms with Crippen molar-refractivity contribution in [2.45, 2.75) is 25.3 Å². The Labute approximate surface area is 134 Å². The van der Waals surface area contributed by atoms with Crippen LogP contribution in [0.5, 0.6) is 0 Å². The molecular weight excluding hydrogens is 332 g/mol. The standard InChI is InChI=1S/C16H21BrN2O2/c17-14-3-1-2-13-12(14)4-5-15(13)18-7-6-16(20)19-8-10-21-11-9-19/h1-3,15,18H,4-11H2. The molecule has 0 bridgehead atoms. The Bertz CT molecular complexity index is 515. The molecule has 0 radical (unpaired) electrons. The van der Waals surface area contributed by atoms with E-state index in [2.05, 4.69) is 39.4 Å². The second-order valence-electron chi connectivity index (χ2n) is 5.60. The minimum Gasteiger partial charge on any atom is -0.378 e. The minimum atomic E-state index is 0.235. The fraction of sp³-hybridized carbons (Fsp3) is 0.562. The zero-order valence-corrected chi connectivity index (χ0v) is 13.7. The Morgan fingerprint density at radius 1 is 1.38 bits per heavy atom. The van der Waals surface area contributed by atoms with Gasteiger partial charge in [-0.2, -0.15) is 0 Å². The quantitative estimate of drug-likeness (QED) is 0.903. The van der Waals surface area contributed by atoms with Crippen molar-refractivity contribution in [1.29, 1.82) is 0 Å². The van der Waals surface area contributed by atoms with Crippen molar-refractivity contribution in [1.82, 2.24) is 10.2 Å². The van der Waals surface area contributed by atoms with Crippen LogP contribution in [0, 0.1) is 0 Å². The van der Waals surface area contributed by atoms with E-state index in [-0.39, 0.29) is 5.91 Å². The number of nitrogens with zero attached hydrogens (tertiary/aromatic N) is 1. The van der Waals surface area contributed by atoms with Crippen LogP contribution < -0.4 is 5.32 Å². The normalized spacial score (nSPS) is 21.4. The molecule has 1 heterocycles. The van der Waals surface area contributed by atoms with Crippen LogP contribution in [0.2, 0.25) is 0 Å². The Morgan fingerprint density at radius 2 is 2.19 bits per heavy atom. The van der Waals surface area contributed by atoms with Crippen molar-refractivity contribution >= 4 is 21.8 Å². The lowest BCUT2D eigenvalue weighted by Crippen LogP contribution is -2.41. The van der Waals surface area contributed by atoms with Crippen LogP contribution >= 0.6 is 15.9 Å². The minimum absolute atomic E-state index is 0.235. The summed E-state index contributed by atoms with van der Waals surface area (Å²) in [5.74, 6) is 0.235. The second kappa shape index (κ2) is 6.90. The number of hydrogen-bond acceptors (Lipinski definition) is 3. The summed E-state index contributed by atoms with van der Waals surface area (Å²) in [5, 5.41) is 3.54. The van der Waals surface area contributed by atoms with Gasteiger partial charge >= 0.3 is 0 Å². The van der Waals surface area contributed by atoms with E-state index >= 15 is 0 Å². The highest BCUT2D eigenvalue weighted by molar-refractivity contribution is 9.10. The predicted octanol–water partition coefficient (Wildman–Crippen LogP) is 2.27. The molecule has 114 valence electrons.